The third kappa shape index (κ3) is 3.94. The summed E-state index contributed by atoms with van der Waals surface area (Å²) in [6.45, 7) is 5.63. The van der Waals surface area contributed by atoms with E-state index in [9.17, 15) is 8.94 Å². The van der Waals surface area contributed by atoms with Gasteiger partial charge in [-0.2, -0.15) is 0 Å². The van der Waals surface area contributed by atoms with Gasteiger partial charge in [-0.25, -0.2) is 4.39 Å². The second kappa shape index (κ2) is 6.01. The molecule has 0 heterocycles. The summed E-state index contributed by atoms with van der Waals surface area (Å²) in [5.74, 6) is 0.495. The van der Waals surface area contributed by atoms with E-state index in [-0.39, 0.29) is 5.82 Å². The Hall–Kier alpha value is -0.870. The molecule has 0 saturated heterocycles. The Labute approximate surface area is 98.9 Å². The van der Waals surface area contributed by atoms with Gasteiger partial charge in [-0.1, -0.05) is 36.4 Å². The lowest BCUT2D eigenvalue weighted by molar-refractivity contribution is 0.583. The number of benzene rings is 1. The minimum absolute atomic E-state index is 0.318. The summed E-state index contributed by atoms with van der Waals surface area (Å²) >= 11 is -1.27. The predicted molar refractivity (Wildman–Crippen MR) is 66.5 cm³/mol. The quantitative estimate of drug-likeness (QED) is 0.589. The Morgan fingerprint density at radius 2 is 2.06 bits per heavy atom. The Morgan fingerprint density at radius 1 is 1.44 bits per heavy atom. The van der Waals surface area contributed by atoms with Crippen molar-refractivity contribution in [3.05, 3.63) is 35.6 Å². The molecule has 16 heavy (non-hydrogen) atoms. The van der Waals surface area contributed by atoms with Crippen molar-refractivity contribution < 1.29 is 8.94 Å². The molecule has 0 spiro atoms. The molecule has 0 amide bonds. The van der Waals surface area contributed by atoms with Gasteiger partial charge in [0.25, 0.3) is 0 Å². The molecule has 88 valence electrons. The molecule has 2 nitrogen and oxygen atoms in total. The van der Waals surface area contributed by atoms with E-state index in [0.717, 1.165) is 0 Å². The fourth-order valence-corrected chi connectivity index (χ4v) is 2.33. The first-order valence-corrected chi connectivity index (χ1v) is 6.47. The maximum Gasteiger partial charge on any atom is 0.135 e. The van der Waals surface area contributed by atoms with Gasteiger partial charge in [0, 0.05) is 11.5 Å². The van der Waals surface area contributed by atoms with Crippen LogP contribution in [0, 0.1) is 11.7 Å². The minimum atomic E-state index is -1.27. The van der Waals surface area contributed by atoms with Crippen molar-refractivity contribution >= 4 is 17.1 Å². The second-order valence-electron chi connectivity index (χ2n) is 4.04. The molecular weight excluding hydrogens is 225 g/mol. The van der Waals surface area contributed by atoms with Crippen molar-refractivity contribution in [2.75, 3.05) is 5.75 Å². The highest BCUT2D eigenvalue weighted by Crippen LogP contribution is 2.10. The van der Waals surface area contributed by atoms with Crippen molar-refractivity contribution in [3.8, 4) is 0 Å². The first-order chi connectivity index (χ1) is 7.50. The van der Waals surface area contributed by atoms with Crippen LogP contribution in [-0.2, 0) is 11.4 Å². The van der Waals surface area contributed by atoms with E-state index in [4.69, 9.17) is 0 Å². The first-order valence-electron chi connectivity index (χ1n) is 5.19. The number of hydrogen-bond acceptors (Lipinski definition) is 2. The lowest BCUT2D eigenvalue weighted by atomic mass is 10.1. The smallest absolute Gasteiger partial charge is 0.135 e. The summed E-state index contributed by atoms with van der Waals surface area (Å²) in [4.78, 5) is 0. The summed E-state index contributed by atoms with van der Waals surface area (Å²) < 4.78 is 28.9. The molecule has 0 aromatic heterocycles. The lowest BCUT2D eigenvalue weighted by Crippen LogP contribution is -2.11. The topological polar surface area (TPSA) is 35.4 Å². The minimum Gasteiger partial charge on any atom is -0.591 e. The van der Waals surface area contributed by atoms with E-state index in [2.05, 4.69) is 4.40 Å². The Morgan fingerprint density at radius 3 is 2.62 bits per heavy atom. The van der Waals surface area contributed by atoms with Crippen LogP contribution in [0.3, 0.4) is 0 Å². The lowest BCUT2D eigenvalue weighted by Gasteiger charge is -2.07. The van der Waals surface area contributed by atoms with E-state index < -0.39 is 11.4 Å². The molecule has 0 radical (unpaired) electrons. The fraction of sp³-hybridized carbons (Fsp3) is 0.417. The molecular formula is C12H16FNOS. The first kappa shape index (κ1) is 13.2. The molecule has 1 aromatic rings. The van der Waals surface area contributed by atoms with E-state index in [1.165, 1.54) is 6.07 Å². The molecule has 4 heteroatoms. The summed E-state index contributed by atoms with van der Waals surface area (Å²) in [6, 6.07) is 6.38. The normalized spacial score (nSPS) is 14.2. The van der Waals surface area contributed by atoms with Gasteiger partial charge < -0.3 is 4.55 Å². The molecule has 0 bridgehead atoms. The molecule has 0 aliphatic heterocycles. The summed E-state index contributed by atoms with van der Waals surface area (Å²) in [5.41, 5.74) is 0.900. The monoisotopic (exact) mass is 241 g/mol. The molecule has 0 aliphatic rings. The number of halogens is 1. The second-order valence-corrected chi connectivity index (χ2v) is 5.20. The van der Waals surface area contributed by atoms with Gasteiger partial charge in [0.2, 0.25) is 0 Å². The molecule has 1 aromatic carbocycles. The van der Waals surface area contributed by atoms with Gasteiger partial charge in [0.15, 0.2) is 0 Å². The summed E-state index contributed by atoms with van der Waals surface area (Å²) in [6.07, 6.45) is 0. The predicted octanol–water partition coefficient (Wildman–Crippen LogP) is 2.95. The third-order valence-corrected chi connectivity index (χ3v) is 3.41. The Kier molecular flexibility index (Phi) is 4.96. The Balaban J connectivity index is 2.81. The molecule has 0 unspecified atom stereocenters. The van der Waals surface area contributed by atoms with Gasteiger partial charge in [-0.3, -0.25) is 0 Å². The van der Waals surface area contributed by atoms with E-state index >= 15 is 0 Å². The largest absolute Gasteiger partial charge is 0.591 e. The highest BCUT2D eigenvalue weighted by atomic mass is 32.2. The SMILES string of the molecule is C/C(=N\[S@+]([O-])CC(C)C)c1ccccc1F. The molecule has 0 saturated carbocycles. The third-order valence-electron chi connectivity index (χ3n) is 1.98. The van der Waals surface area contributed by atoms with Crippen LogP contribution in [0.15, 0.2) is 28.7 Å². The van der Waals surface area contributed by atoms with Gasteiger partial charge in [0.05, 0.1) is 17.1 Å². The fourth-order valence-electron chi connectivity index (χ4n) is 1.28. The molecule has 1 rings (SSSR count). The van der Waals surface area contributed by atoms with E-state index in [0.29, 0.717) is 22.9 Å². The number of nitrogens with zero attached hydrogens (tertiary/aromatic N) is 1. The maximum atomic E-state index is 13.4. The van der Waals surface area contributed by atoms with Crippen LogP contribution in [0.5, 0.6) is 0 Å². The van der Waals surface area contributed by atoms with Gasteiger partial charge in [-0.05, 0) is 13.0 Å². The van der Waals surface area contributed by atoms with Crippen LogP contribution in [0.25, 0.3) is 0 Å². The number of rotatable bonds is 4. The Bertz CT molecular complexity index is 379. The molecule has 1 atom stereocenters. The van der Waals surface area contributed by atoms with Crippen LogP contribution in [-0.4, -0.2) is 16.0 Å². The molecule has 0 N–H and O–H groups in total. The van der Waals surface area contributed by atoms with Gasteiger partial charge in [0.1, 0.15) is 11.6 Å². The van der Waals surface area contributed by atoms with Crippen LogP contribution >= 0.6 is 0 Å². The summed E-state index contributed by atoms with van der Waals surface area (Å²) in [7, 11) is 0. The highest BCUT2D eigenvalue weighted by molar-refractivity contribution is 7.90. The zero-order chi connectivity index (χ0) is 12.1. The molecule has 0 aliphatic carbocycles. The van der Waals surface area contributed by atoms with Crippen LogP contribution < -0.4 is 0 Å². The van der Waals surface area contributed by atoms with Crippen molar-refractivity contribution in [2.24, 2.45) is 10.3 Å². The zero-order valence-corrected chi connectivity index (χ0v) is 10.6. The zero-order valence-electron chi connectivity index (χ0n) is 9.74. The maximum absolute atomic E-state index is 13.4. The average Bonchev–Trinajstić information content (AvgIpc) is 2.16. The van der Waals surface area contributed by atoms with Crippen molar-refractivity contribution in [2.45, 2.75) is 20.8 Å². The van der Waals surface area contributed by atoms with Crippen molar-refractivity contribution in [1.29, 1.82) is 0 Å². The average molecular weight is 241 g/mol. The van der Waals surface area contributed by atoms with Crippen LogP contribution in [0.2, 0.25) is 0 Å². The molecule has 0 fully saturated rings. The number of hydrogen-bond donors (Lipinski definition) is 0. The standard InChI is InChI=1S/C12H16FNOS/c1-9(2)8-16(15)14-10(3)11-6-4-5-7-12(11)13/h4-7,9H,8H2,1-3H3/b14-10+/t16-/m1/s1. The highest BCUT2D eigenvalue weighted by Gasteiger charge is 2.11. The van der Waals surface area contributed by atoms with E-state index in [1.807, 2.05) is 13.8 Å². The van der Waals surface area contributed by atoms with Crippen LogP contribution in [0.4, 0.5) is 4.39 Å². The van der Waals surface area contributed by atoms with Crippen LogP contribution in [0.1, 0.15) is 26.3 Å². The van der Waals surface area contributed by atoms with Crippen molar-refractivity contribution in [1.82, 2.24) is 0 Å². The van der Waals surface area contributed by atoms with Gasteiger partial charge in [-0.15, -0.1) is 0 Å². The van der Waals surface area contributed by atoms with Crippen molar-refractivity contribution in [3.63, 3.8) is 0 Å². The summed E-state index contributed by atoms with van der Waals surface area (Å²) in [5, 5.41) is 0. The van der Waals surface area contributed by atoms with E-state index in [1.54, 1.807) is 25.1 Å². The van der Waals surface area contributed by atoms with Gasteiger partial charge >= 0.3 is 0 Å².